The van der Waals surface area contributed by atoms with Crippen LogP contribution in [0, 0.1) is 0 Å². The molecule has 17 heavy (non-hydrogen) atoms. The first-order valence-electron chi connectivity index (χ1n) is 5.88. The Morgan fingerprint density at radius 2 is 2.18 bits per heavy atom. The fraction of sp³-hybridized carbons (Fsp3) is 0.462. The van der Waals surface area contributed by atoms with E-state index >= 15 is 0 Å². The van der Waals surface area contributed by atoms with Crippen molar-refractivity contribution in [3.05, 3.63) is 29.8 Å². The summed E-state index contributed by atoms with van der Waals surface area (Å²) in [6, 6.07) is 7.38. The van der Waals surface area contributed by atoms with Gasteiger partial charge in [0.25, 0.3) is 5.91 Å². The van der Waals surface area contributed by atoms with Gasteiger partial charge in [0, 0.05) is 17.9 Å². The Morgan fingerprint density at radius 1 is 1.47 bits per heavy atom. The molecule has 0 radical (unpaired) electrons. The van der Waals surface area contributed by atoms with E-state index in [2.05, 4.69) is 6.92 Å². The highest BCUT2D eigenvalue weighted by Gasteiger charge is 2.26. The van der Waals surface area contributed by atoms with Gasteiger partial charge in [-0.1, -0.05) is 0 Å². The average molecular weight is 251 g/mol. The molecular formula is C13H17NO2S. The molecule has 0 N–H and O–H groups in total. The molecule has 0 spiro atoms. The van der Waals surface area contributed by atoms with E-state index < -0.39 is 0 Å². The van der Waals surface area contributed by atoms with Gasteiger partial charge in [0.2, 0.25) is 0 Å². The first kappa shape index (κ1) is 12.3. The third-order valence-electron chi connectivity index (χ3n) is 2.80. The van der Waals surface area contributed by atoms with Gasteiger partial charge < -0.3 is 9.64 Å². The number of nitrogens with zero attached hydrogens (tertiary/aromatic N) is 1. The van der Waals surface area contributed by atoms with Crippen LogP contribution in [-0.2, 0) is 0 Å². The minimum absolute atomic E-state index is 0.116. The maximum Gasteiger partial charge on any atom is 0.254 e. The summed E-state index contributed by atoms with van der Waals surface area (Å²) in [6.45, 7) is 5.51. The molecule has 3 nitrogen and oxygen atoms in total. The standard InChI is InChI=1S/C13H17NO2S/c1-3-16-12-6-4-11(5-7-12)13(15)14-8-9-17-10(14)2/h4-7,10H,3,8-9H2,1-2H3. The summed E-state index contributed by atoms with van der Waals surface area (Å²) in [4.78, 5) is 14.1. The van der Waals surface area contributed by atoms with Crippen molar-refractivity contribution in [2.24, 2.45) is 0 Å². The van der Waals surface area contributed by atoms with Crippen LogP contribution in [0.25, 0.3) is 0 Å². The van der Waals surface area contributed by atoms with Gasteiger partial charge in [-0.3, -0.25) is 4.79 Å². The molecule has 4 heteroatoms. The van der Waals surface area contributed by atoms with Crippen molar-refractivity contribution < 1.29 is 9.53 Å². The quantitative estimate of drug-likeness (QED) is 0.827. The van der Waals surface area contributed by atoms with Crippen molar-refractivity contribution in [2.45, 2.75) is 19.2 Å². The maximum atomic E-state index is 12.2. The van der Waals surface area contributed by atoms with Gasteiger partial charge in [0.1, 0.15) is 5.75 Å². The molecule has 1 aromatic rings. The number of ether oxygens (including phenoxy) is 1. The molecule has 0 aliphatic carbocycles. The van der Waals surface area contributed by atoms with E-state index in [1.807, 2.05) is 47.9 Å². The number of hydrogen-bond acceptors (Lipinski definition) is 3. The second-order valence-electron chi connectivity index (χ2n) is 3.93. The zero-order valence-corrected chi connectivity index (χ0v) is 11.0. The zero-order valence-electron chi connectivity index (χ0n) is 10.2. The number of carbonyl (C=O) groups excluding carboxylic acids is 1. The largest absolute Gasteiger partial charge is 0.494 e. The zero-order chi connectivity index (χ0) is 12.3. The first-order chi connectivity index (χ1) is 8.22. The lowest BCUT2D eigenvalue weighted by Crippen LogP contribution is -2.33. The van der Waals surface area contributed by atoms with Crippen molar-refractivity contribution >= 4 is 17.7 Å². The average Bonchev–Trinajstić information content (AvgIpc) is 2.76. The van der Waals surface area contributed by atoms with E-state index in [1.165, 1.54) is 0 Å². The summed E-state index contributed by atoms with van der Waals surface area (Å²) in [7, 11) is 0. The van der Waals surface area contributed by atoms with Crippen LogP contribution >= 0.6 is 11.8 Å². The number of carbonyl (C=O) groups is 1. The predicted octanol–water partition coefficient (Wildman–Crippen LogP) is 2.62. The second-order valence-corrected chi connectivity index (χ2v) is 5.35. The normalized spacial score (nSPS) is 19.4. The van der Waals surface area contributed by atoms with Crippen LogP contribution in [0.15, 0.2) is 24.3 Å². The molecule has 1 aromatic carbocycles. The van der Waals surface area contributed by atoms with E-state index in [4.69, 9.17) is 4.74 Å². The van der Waals surface area contributed by atoms with Crippen molar-refractivity contribution in [3.8, 4) is 5.75 Å². The van der Waals surface area contributed by atoms with Gasteiger partial charge in [-0.15, -0.1) is 11.8 Å². The number of rotatable bonds is 3. The summed E-state index contributed by atoms with van der Waals surface area (Å²) < 4.78 is 5.36. The number of amides is 1. The Bertz CT molecular complexity index is 391. The van der Waals surface area contributed by atoms with Crippen LogP contribution in [0.3, 0.4) is 0 Å². The third-order valence-corrected chi connectivity index (χ3v) is 3.96. The lowest BCUT2D eigenvalue weighted by molar-refractivity contribution is 0.0768. The van der Waals surface area contributed by atoms with E-state index in [0.29, 0.717) is 6.61 Å². The highest BCUT2D eigenvalue weighted by molar-refractivity contribution is 8.00. The summed E-state index contributed by atoms with van der Waals surface area (Å²) >= 11 is 1.82. The lowest BCUT2D eigenvalue weighted by atomic mass is 10.2. The fourth-order valence-electron chi connectivity index (χ4n) is 1.89. The van der Waals surface area contributed by atoms with Crippen molar-refractivity contribution in [1.29, 1.82) is 0 Å². The molecular weight excluding hydrogens is 234 g/mol. The van der Waals surface area contributed by atoms with Crippen LogP contribution in [0.5, 0.6) is 5.75 Å². The summed E-state index contributed by atoms with van der Waals surface area (Å²) in [5, 5.41) is 0.286. The lowest BCUT2D eigenvalue weighted by Gasteiger charge is -2.20. The Balaban J connectivity index is 2.08. The third kappa shape index (κ3) is 2.75. The van der Waals surface area contributed by atoms with Gasteiger partial charge in [0.05, 0.1) is 12.0 Å². The Labute approximate surface area is 106 Å². The van der Waals surface area contributed by atoms with Crippen molar-refractivity contribution in [2.75, 3.05) is 18.9 Å². The van der Waals surface area contributed by atoms with Crippen molar-refractivity contribution in [1.82, 2.24) is 4.90 Å². The molecule has 1 atom stereocenters. The molecule has 0 saturated carbocycles. The molecule has 2 rings (SSSR count). The topological polar surface area (TPSA) is 29.5 Å². The predicted molar refractivity (Wildman–Crippen MR) is 70.6 cm³/mol. The molecule has 1 amide bonds. The van der Waals surface area contributed by atoms with E-state index in [9.17, 15) is 4.79 Å². The molecule has 1 fully saturated rings. The fourth-order valence-corrected chi connectivity index (χ4v) is 2.91. The highest BCUT2D eigenvalue weighted by atomic mass is 32.2. The molecule has 1 aliphatic heterocycles. The molecule has 1 unspecified atom stereocenters. The van der Waals surface area contributed by atoms with E-state index in [1.54, 1.807) is 0 Å². The van der Waals surface area contributed by atoms with Gasteiger partial charge >= 0.3 is 0 Å². The minimum Gasteiger partial charge on any atom is -0.494 e. The summed E-state index contributed by atoms with van der Waals surface area (Å²) in [5.41, 5.74) is 0.739. The number of thioether (sulfide) groups is 1. The van der Waals surface area contributed by atoms with Crippen molar-refractivity contribution in [3.63, 3.8) is 0 Å². The van der Waals surface area contributed by atoms with Crippen LogP contribution < -0.4 is 4.74 Å². The number of benzene rings is 1. The highest BCUT2D eigenvalue weighted by Crippen LogP contribution is 2.25. The Kier molecular flexibility index (Phi) is 3.94. The van der Waals surface area contributed by atoms with E-state index in [-0.39, 0.29) is 11.3 Å². The molecule has 1 saturated heterocycles. The molecule has 92 valence electrons. The van der Waals surface area contributed by atoms with Crippen LogP contribution in [0.1, 0.15) is 24.2 Å². The number of hydrogen-bond donors (Lipinski definition) is 0. The van der Waals surface area contributed by atoms with Crippen LogP contribution in [0.4, 0.5) is 0 Å². The molecule has 1 aliphatic rings. The van der Waals surface area contributed by atoms with Gasteiger partial charge in [-0.05, 0) is 38.1 Å². The van der Waals surface area contributed by atoms with Gasteiger partial charge in [-0.25, -0.2) is 0 Å². The Morgan fingerprint density at radius 3 is 2.71 bits per heavy atom. The molecule has 0 aromatic heterocycles. The summed E-state index contributed by atoms with van der Waals surface area (Å²) in [6.07, 6.45) is 0. The SMILES string of the molecule is CCOc1ccc(C(=O)N2CCSC2C)cc1. The summed E-state index contributed by atoms with van der Waals surface area (Å²) in [5.74, 6) is 1.96. The van der Waals surface area contributed by atoms with Gasteiger partial charge in [-0.2, -0.15) is 0 Å². The monoisotopic (exact) mass is 251 g/mol. The molecule has 0 bridgehead atoms. The smallest absolute Gasteiger partial charge is 0.254 e. The minimum atomic E-state index is 0.116. The van der Waals surface area contributed by atoms with Gasteiger partial charge in [0.15, 0.2) is 0 Å². The van der Waals surface area contributed by atoms with Crippen LogP contribution in [-0.4, -0.2) is 35.1 Å². The maximum absolute atomic E-state index is 12.2. The first-order valence-corrected chi connectivity index (χ1v) is 6.92. The second kappa shape index (κ2) is 5.45. The molecule has 1 heterocycles. The Hall–Kier alpha value is -1.16. The van der Waals surface area contributed by atoms with E-state index in [0.717, 1.165) is 23.6 Å². The van der Waals surface area contributed by atoms with Crippen LogP contribution in [0.2, 0.25) is 0 Å².